The Labute approximate surface area is 114 Å². The number of carbonyl (C=O) groups is 1. The summed E-state index contributed by atoms with van der Waals surface area (Å²) in [7, 11) is 0. The molecular formula is C16H20O3. The molecule has 0 saturated heterocycles. The molecule has 0 N–H and O–H groups in total. The smallest absolute Gasteiger partial charge is 0.157 e. The summed E-state index contributed by atoms with van der Waals surface area (Å²) in [5.74, 6) is 1.28. The van der Waals surface area contributed by atoms with Crippen LogP contribution >= 0.6 is 0 Å². The minimum atomic E-state index is 0.0456. The number of aldehydes is 1. The number of ether oxygens (including phenoxy) is 2. The Morgan fingerprint density at radius 3 is 2.58 bits per heavy atom. The first-order valence-corrected chi connectivity index (χ1v) is 6.38. The van der Waals surface area contributed by atoms with Gasteiger partial charge in [0.1, 0.15) is 19.0 Å². The van der Waals surface area contributed by atoms with Gasteiger partial charge in [0.15, 0.2) is 12.0 Å². The van der Waals surface area contributed by atoms with Crippen molar-refractivity contribution in [3.8, 4) is 0 Å². The monoisotopic (exact) mass is 260 g/mol. The summed E-state index contributed by atoms with van der Waals surface area (Å²) in [5.41, 5.74) is 1.09. The van der Waals surface area contributed by atoms with Crippen LogP contribution in [0.15, 0.2) is 54.0 Å². The van der Waals surface area contributed by atoms with E-state index in [9.17, 15) is 4.79 Å². The van der Waals surface area contributed by atoms with Crippen molar-refractivity contribution in [2.45, 2.75) is 26.9 Å². The first-order chi connectivity index (χ1) is 9.27. The van der Waals surface area contributed by atoms with Crippen molar-refractivity contribution in [2.75, 3.05) is 6.61 Å². The summed E-state index contributed by atoms with van der Waals surface area (Å²) in [6.45, 7) is 4.37. The maximum absolute atomic E-state index is 10.3. The molecule has 102 valence electrons. The highest BCUT2D eigenvalue weighted by atomic mass is 16.5. The molecule has 19 heavy (non-hydrogen) atoms. The van der Waals surface area contributed by atoms with Gasteiger partial charge in [-0.1, -0.05) is 43.3 Å². The normalized spacial score (nSPS) is 12.1. The van der Waals surface area contributed by atoms with Gasteiger partial charge < -0.3 is 9.47 Å². The first-order valence-electron chi connectivity index (χ1n) is 6.38. The van der Waals surface area contributed by atoms with Crippen LogP contribution in [0, 0.1) is 0 Å². The van der Waals surface area contributed by atoms with Crippen molar-refractivity contribution in [3.05, 3.63) is 59.6 Å². The Kier molecular flexibility index (Phi) is 7.10. The second kappa shape index (κ2) is 8.97. The van der Waals surface area contributed by atoms with Gasteiger partial charge in [-0.25, -0.2) is 0 Å². The molecule has 3 heteroatoms. The molecular weight excluding hydrogens is 240 g/mol. The largest absolute Gasteiger partial charge is 0.487 e. The molecule has 0 heterocycles. The summed E-state index contributed by atoms with van der Waals surface area (Å²) < 4.78 is 11.0. The fraction of sp³-hybridized carbons (Fsp3) is 0.312. The van der Waals surface area contributed by atoms with Crippen LogP contribution in [-0.4, -0.2) is 12.9 Å². The maximum Gasteiger partial charge on any atom is 0.157 e. The molecule has 0 amide bonds. The van der Waals surface area contributed by atoms with Crippen LogP contribution in [0.1, 0.15) is 25.8 Å². The van der Waals surface area contributed by atoms with Gasteiger partial charge in [-0.3, -0.25) is 4.79 Å². The molecule has 1 rings (SSSR count). The highest BCUT2D eigenvalue weighted by Crippen LogP contribution is 2.13. The molecule has 0 radical (unpaired) electrons. The maximum atomic E-state index is 10.3. The Hall–Kier alpha value is -2.03. The van der Waals surface area contributed by atoms with E-state index in [0.717, 1.165) is 18.3 Å². The van der Waals surface area contributed by atoms with E-state index in [2.05, 4.69) is 0 Å². The first kappa shape index (κ1) is 15.0. The van der Waals surface area contributed by atoms with Gasteiger partial charge in [0.25, 0.3) is 0 Å². The van der Waals surface area contributed by atoms with Crippen LogP contribution in [-0.2, 0) is 20.9 Å². The lowest BCUT2D eigenvalue weighted by Crippen LogP contribution is -2.00. The third-order valence-electron chi connectivity index (χ3n) is 2.46. The second-order valence-electron chi connectivity index (χ2n) is 3.98. The van der Waals surface area contributed by atoms with Crippen molar-refractivity contribution >= 4 is 6.29 Å². The molecule has 0 saturated carbocycles. The van der Waals surface area contributed by atoms with E-state index in [1.165, 1.54) is 0 Å². The summed E-state index contributed by atoms with van der Waals surface area (Å²) >= 11 is 0. The summed E-state index contributed by atoms with van der Waals surface area (Å²) in [4.78, 5) is 10.3. The molecule has 0 aromatic heterocycles. The zero-order valence-corrected chi connectivity index (χ0v) is 11.5. The number of allylic oxidation sites excluding steroid dienone is 3. The Morgan fingerprint density at radius 2 is 1.95 bits per heavy atom. The molecule has 1 aromatic rings. The van der Waals surface area contributed by atoms with E-state index in [0.29, 0.717) is 18.1 Å². The van der Waals surface area contributed by atoms with Crippen LogP contribution in [0.5, 0.6) is 0 Å². The van der Waals surface area contributed by atoms with Crippen LogP contribution in [0.4, 0.5) is 0 Å². The van der Waals surface area contributed by atoms with E-state index >= 15 is 0 Å². The predicted octanol–water partition coefficient (Wildman–Crippen LogP) is 3.62. The van der Waals surface area contributed by atoms with E-state index in [4.69, 9.17) is 9.47 Å². The number of hydrogen-bond acceptors (Lipinski definition) is 3. The standard InChI is InChI=1S/C16H20O3/c1-3-4-10-16(14(2)18-12-11-17)19-13-15-8-6-5-7-9-15/h4-11H,3,12-13H2,1-2H3/b10-4-,16-14-. The zero-order valence-electron chi connectivity index (χ0n) is 11.5. The molecule has 0 bridgehead atoms. The quantitative estimate of drug-likeness (QED) is 0.407. The highest BCUT2D eigenvalue weighted by Gasteiger charge is 2.02. The van der Waals surface area contributed by atoms with Crippen LogP contribution in [0.2, 0.25) is 0 Å². The molecule has 1 aromatic carbocycles. The van der Waals surface area contributed by atoms with E-state index < -0.39 is 0 Å². The average molecular weight is 260 g/mol. The SMILES string of the molecule is CC/C=C\C(OCc1ccccc1)=C(/C)OCC=O. The lowest BCUT2D eigenvalue weighted by Gasteiger charge is -2.11. The lowest BCUT2D eigenvalue weighted by atomic mass is 10.2. The van der Waals surface area contributed by atoms with Gasteiger partial charge in [-0.05, 0) is 25.0 Å². The molecule has 0 aliphatic heterocycles. The number of carbonyl (C=O) groups excluding carboxylic acids is 1. The fourth-order valence-electron chi connectivity index (χ4n) is 1.46. The summed E-state index contributed by atoms with van der Waals surface area (Å²) in [6.07, 6.45) is 5.51. The van der Waals surface area contributed by atoms with Crippen LogP contribution in [0.25, 0.3) is 0 Å². The van der Waals surface area contributed by atoms with Crippen LogP contribution in [0.3, 0.4) is 0 Å². The van der Waals surface area contributed by atoms with Crippen molar-refractivity contribution < 1.29 is 14.3 Å². The minimum Gasteiger partial charge on any atom is -0.487 e. The fourth-order valence-corrected chi connectivity index (χ4v) is 1.46. The average Bonchev–Trinajstić information content (AvgIpc) is 2.46. The van der Waals surface area contributed by atoms with Crippen molar-refractivity contribution in [2.24, 2.45) is 0 Å². The van der Waals surface area contributed by atoms with Crippen molar-refractivity contribution in [1.82, 2.24) is 0 Å². The summed E-state index contributed by atoms with van der Waals surface area (Å²) in [6, 6.07) is 9.92. The second-order valence-corrected chi connectivity index (χ2v) is 3.98. The van der Waals surface area contributed by atoms with Crippen LogP contribution < -0.4 is 0 Å². The summed E-state index contributed by atoms with van der Waals surface area (Å²) in [5, 5.41) is 0. The van der Waals surface area contributed by atoms with Gasteiger partial charge in [0.05, 0.1) is 0 Å². The third kappa shape index (κ3) is 5.91. The van der Waals surface area contributed by atoms with E-state index in [1.807, 2.05) is 49.4 Å². The van der Waals surface area contributed by atoms with Crippen molar-refractivity contribution in [1.29, 1.82) is 0 Å². The van der Waals surface area contributed by atoms with Gasteiger partial charge in [0, 0.05) is 0 Å². The number of benzene rings is 1. The van der Waals surface area contributed by atoms with E-state index in [1.54, 1.807) is 6.92 Å². The number of hydrogen-bond donors (Lipinski definition) is 0. The lowest BCUT2D eigenvalue weighted by molar-refractivity contribution is -0.110. The molecule has 0 aliphatic carbocycles. The highest BCUT2D eigenvalue weighted by molar-refractivity contribution is 5.50. The molecule has 0 spiro atoms. The number of rotatable bonds is 8. The zero-order chi connectivity index (χ0) is 13.9. The van der Waals surface area contributed by atoms with Gasteiger partial charge in [-0.15, -0.1) is 0 Å². The third-order valence-corrected chi connectivity index (χ3v) is 2.46. The molecule has 0 atom stereocenters. The predicted molar refractivity (Wildman–Crippen MR) is 75.4 cm³/mol. The van der Waals surface area contributed by atoms with Gasteiger partial charge >= 0.3 is 0 Å². The molecule has 3 nitrogen and oxygen atoms in total. The molecule has 0 fully saturated rings. The van der Waals surface area contributed by atoms with Gasteiger partial charge in [0.2, 0.25) is 0 Å². The van der Waals surface area contributed by atoms with Crippen molar-refractivity contribution in [3.63, 3.8) is 0 Å². The van der Waals surface area contributed by atoms with Gasteiger partial charge in [-0.2, -0.15) is 0 Å². The Bertz CT molecular complexity index is 433. The Morgan fingerprint density at radius 1 is 1.21 bits per heavy atom. The Balaban J connectivity index is 2.69. The minimum absolute atomic E-state index is 0.0456. The molecule has 0 aliphatic rings. The topological polar surface area (TPSA) is 35.5 Å². The van der Waals surface area contributed by atoms with E-state index in [-0.39, 0.29) is 6.61 Å². The molecule has 0 unspecified atom stereocenters.